The molecule has 0 spiro atoms. The van der Waals surface area contributed by atoms with Crippen LogP contribution in [-0.4, -0.2) is 33.8 Å². The van der Waals surface area contributed by atoms with Crippen LogP contribution in [-0.2, 0) is 0 Å². The number of para-hydroxylation sites is 1. The first-order chi connectivity index (χ1) is 12.6. The molecule has 3 aromatic rings. The Kier molecular flexibility index (Phi) is 6.43. The van der Waals surface area contributed by atoms with E-state index in [0.29, 0.717) is 20.9 Å². The van der Waals surface area contributed by atoms with Crippen LogP contribution in [0.1, 0.15) is 5.56 Å². The number of nitrogens with one attached hydrogen (secondary N) is 1. The zero-order valence-corrected chi connectivity index (χ0v) is 15.7. The van der Waals surface area contributed by atoms with Crippen LogP contribution in [0.4, 0.5) is 15.2 Å². The number of aryl methyl sites for hydroxylation is 1. The lowest BCUT2D eigenvalue weighted by molar-refractivity contribution is 0.126. The molecule has 1 heterocycles. The highest BCUT2D eigenvalue weighted by Crippen LogP contribution is 2.28. The van der Waals surface area contributed by atoms with Crippen LogP contribution in [0.5, 0.6) is 5.75 Å². The summed E-state index contributed by atoms with van der Waals surface area (Å²) in [5.74, 6) is 0.813. The molecule has 0 amide bonds. The molecule has 1 atom stereocenters. The van der Waals surface area contributed by atoms with Gasteiger partial charge >= 0.3 is 0 Å². The molecule has 3 rings (SSSR count). The second-order valence-electron chi connectivity index (χ2n) is 5.57. The number of benzene rings is 2. The highest BCUT2D eigenvalue weighted by Gasteiger charge is 2.11. The average Bonchev–Trinajstić information content (AvgIpc) is 3.09. The number of hydrogen-bond donors (Lipinski definition) is 2. The molecule has 0 radical (unpaired) electrons. The van der Waals surface area contributed by atoms with Crippen molar-refractivity contribution in [3.63, 3.8) is 0 Å². The van der Waals surface area contributed by atoms with Gasteiger partial charge in [0.05, 0.1) is 11.8 Å². The van der Waals surface area contributed by atoms with Crippen molar-refractivity contribution in [1.29, 1.82) is 0 Å². The number of ether oxygens (including phenoxy) is 1. The maximum atomic E-state index is 13.6. The number of hydrogen-bond acceptors (Lipinski definition) is 7. The smallest absolute Gasteiger partial charge is 0.210 e. The predicted octanol–water partition coefficient (Wildman–Crippen LogP) is 4.26. The van der Waals surface area contributed by atoms with Gasteiger partial charge in [0.2, 0.25) is 5.13 Å². The SMILES string of the molecule is Cc1ccc(OCC(O)CSc2nnc(Nc3ccccc3F)s2)cc1. The molecule has 0 saturated heterocycles. The lowest BCUT2D eigenvalue weighted by Crippen LogP contribution is -2.20. The van der Waals surface area contributed by atoms with E-state index in [1.165, 1.54) is 29.2 Å². The first-order valence-corrected chi connectivity index (χ1v) is 9.76. The fraction of sp³-hybridized carbons (Fsp3) is 0.222. The molecule has 1 unspecified atom stereocenters. The third-order valence-electron chi connectivity index (χ3n) is 3.38. The number of anilines is 2. The number of aromatic nitrogens is 2. The molecular weight excluding hydrogens is 373 g/mol. The normalized spacial score (nSPS) is 12.0. The molecule has 2 aromatic carbocycles. The van der Waals surface area contributed by atoms with E-state index in [1.807, 2.05) is 31.2 Å². The van der Waals surface area contributed by atoms with Crippen molar-refractivity contribution in [3.8, 4) is 5.75 Å². The van der Waals surface area contributed by atoms with Gasteiger partial charge in [0.25, 0.3) is 0 Å². The molecule has 5 nitrogen and oxygen atoms in total. The molecule has 0 aliphatic carbocycles. The number of aliphatic hydroxyl groups is 1. The minimum atomic E-state index is -0.631. The van der Waals surface area contributed by atoms with Crippen molar-refractivity contribution in [2.75, 3.05) is 17.7 Å². The molecule has 0 aliphatic heterocycles. The van der Waals surface area contributed by atoms with E-state index in [4.69, 9.17) is 4.74 Å². The Bertz CT molecular complexity index is 842. The van der Waals surface area contributed by atoms with Gasteiger partial charge in [-0.3, -0.25) is 0 Å². The van der Waals surface area contributed by atoms with Crippen molar-refractivity contribution >= 4 is 33.9 Å². The summed E-state index contributed by atoms with van der Waals surface area (Å²) >= 11 is 2.69. The molecule has 0 aliphatic rings. The average molecular weight is 391 g/mol. The van der Waals surface area contributed by atoms with Crippen molar-refractivity contribution in [2.24, 2.45) is 0 Å². The van der Waals surface area contributed by atoms with Gasteiger partial charge in [-0.15, -0.1) is 10.2 Å². The lowest BCUT2D eigenvalue weighted by atomic mass is 10.2. The van der Waals surface area contributed by atoms with E-state index in [1.54, 1.807) is 18.2 Å². The van der Waals surface area contributed by atoms with E-state index in [9.17, 15) is 9.50 Å². The Morgan fingerprint density at radius 2 is 1.96 bits per heavy atom. The third kappa shape index (κ3) is 5.42. The van der Waals surface area contributed by atoms with Crippen LogP contribution in [0.2, 0.25) is 0 Å². The van der Waals surface area contributed by atoms with Gasteiger partial charge in [-0.25, -0.2) is 4.39 Å². The Hall–Kier alpha value is -2.16. The summed E-state index contributed by atoms with van der Waals surface area (Å²) in [7, 11) is 0. The Balaban J connectivity index is 1.45. The van der Waals surface area contributed by atoms with E-state index in [-0.39, 0.29) is 12.4 Å². The number of halogens is 1. The zero-order valence-electron chi connectivity index (χ0n) is 14.1. The molecule has 8 heteroatoms. The van der Waals surface area contributed by atoms with Gasteiger partial charge in [-0.05, 0) is 31.2 Å². The minimum absolute atomic E-state index is 0.204. The van der Waals surface area contributed by atoms with Gasteiger partial charge in [-0.1, -0.05) is 52.9 Å². The summed E-state index contributed by atoms with van der Waals surface area (Å²) in [4.78, 5) is 0. The van der Waals surface area contributed by atoms with Crippen LogP contribution in [0.25, 0.3) is 0 Å². The van der Waals surface area contributed by atoms with Crippen LogP contribution in [0.3, 0.4) is 0 Å². The van der Waals surface area contributed by atoms with Crippen LogP contribution >= 0.6 is 23.1 Å². The molecule has 26 heavy (non-hydrogen) atoms. The van der Waals surface area contributed by atoms with E-state index in [0.717, 1.165) is 11.3 Å². The number of aliphatic hydroxyl groups excluding tert-OH is 1. The molecule has 2 N–H and O–H groups in total. The first-order valence-electron chi connectivity index (χ1n) is 7.95. The summed E-state index contributed by atoms with van der Waals surface area (Å²) in [5, 5.41) is 21.5. The first kappa shape index (κ1) is 18.6. The van der Waals surface area contributed by atoms with Crippen molar-refractivity contribution in [3.05, 3.63) is 59.9 Å². The van der Waals surface area contributed by atoms with Crippen LogP contribution < -0.4 is 10.1 Å². The largest absolute Gasteiger partial charge is 0.491 e. The van der Waals surface area contributed by atoms with Crippen LogP contribution in [0.15, 0.2) is 52.9 Å². The minimum Gasteiger partial charge on any atom is -0.491 e. The quantitative estimate of drug-likeness (QED) is 0.559. The summed E-state index contributed by atoms with van der Waals surface area (Å²) in [5.41, 5.74) is 1.51. The van der Waals surface area contributed by atoms with E-state index >= 15 is 0 Å². The maximum absolute atomic E-state index is 13.6. The lowest BCUT2D eigenvalue weighted by Gasteiger charge is -2.11. The number of nitrogens with zero attached hydrogens (tertiary/aromatic N) is 2. The fourth-order valence-electron chi connectivity index (χ4n) is 2.04. The fourth-order valence-corrected chi connectivity index (χ4v) is 3.73. The van der Waals surface area contributed by atoms with Gasteiger partial charge in [0.15, 0.2) is 4.34 Å². The number of thioether (sulfide) groups is 1. The Morgan fingerprint density at radius 1 is 1.19 bits per heavy atom. The van der Waals surface area contributed by atoms with Crippen molar-refractivity contribution in [2.45, 2.75) is 17.4 Å². The molecule has 0 saturated carbocycles. The third-order valence-corrected chi connectivity index (χ3v) is 5.50. The van der Waals surface area contributed by atoms with Crippen molar-refractivity contribution < 1.29 is 14.2 Å². The molecule has 1 aromatic heterocycles. The van der Waals surface area contributed by atoms with Gasteiger partial charge in [0, 0.05) is 5.75 Å². The predicted molar refractivity (Wildman–Crippen MR) is 103 cm³/mol. The highest BCUT2D eigenvalue weighted by molar-refractivity contribution is 8.01. The summed E-state index contributed by atoms with van der Waals surface area (Å²) < 4.78 is 19.9. The van der Waals surface area contributed by atoms with Gasteiger partial charge < -0.3 is 15.2 Å². The summed E-state index contributed by atoms with van der Waals surface area (Å²) in [6, 6.07) is 14.1. The maximum Gasteiger partial charge on any atom is 0.210 e. The van der Waals surface area contributed by atoms with Crippen LogP contribution in [0, 0.1) is 12.7 Å². The Morgan fingerprint density at radius 3 is 2.73 bits per heavy atom. The summed E-state index contributed by atoms with van der Waals surface area (Å²) in [6.45, 7) is 2.21. The monoisotopic (exact) mass is 391 g/mol. The van der Waals surface area contributed by atoms with E-state index in [2.05, 4.69) is 15.5 Å². The molecule has 0 fully saturated rings. The molecule has 0 bridgehead atoms. The highest BCUT2D eigenvalue weighted by atomic mass is 32.2. The summed E-state index contributed by atoms with van der Waals surface area (Å²) in [6.07, 6.45) is -0.631. The standard InChI is InChI=1S/C18H18FN3O2S2/c1-12-6-8-14(9-7-12)24-10-13(23)11-25-18-22-21-17(26-18)20-16-5-3-2-4-15(16)19/h2-9,13,23H,10-11H2,1H3,(H,20,21). The second kappa shape index (κ2) is 8.98. The Labute approximate surface area is 159 Å². The molecular formula is C18H18FN3O2S2. The van der Waals surface area contributed by atoms with Gasteiger partial charge in [-0.2, -0.15) is 0 Å². The zero-order chi connectivity index (χ0) is 18.4. The van der Waals surface area contributed by atoms with E-state index < -0.39 is 6.10 Å². The topological polar surface area (TPSA) is 67.3 Å². The van der Waals surface area contributed by atoms with Gasteiger partial charge in [0.1, 0.15) is 18.2 Å². The molecule has 136 valence electrons. The second-order valence-corrected chi connectivity index (χ2v) is 7.81. The number of rotatable bonds is 8. The van der Waals surface area contributed by atoms with Crippen molar-refractivity contribution in [1.82, 2.24) is 10.2 Å².